The van der Waals surface area contributed by atoms with E-state index in [2.05, 4.69) is 15.9 Å². The van der Waals surface area contributed by atoms with Gasteiger partial charge in [-0.05, 0) is 34.1 Å². The summed E-state index contributed by atoms with van der Waals surface area (Å²) in [6, 6.07) is 2.01. The third-order valence-corrected chi connectivity index (χ3v) is 2.88. The first-order valence-corrected chi connectivity index (χ1v) is 6.40. The van der Waals surface area contributed by atoms with Gasteiger partial charge in [-0.2, -0.15) is 0 Å². The van der Waals surface area contributed by atoms with Crippen LogP contribution >= 0.6 is 15.9 Å². The predicted molar refractivity (Wildman–Crippen MR) is 71.4 cm³/mol. The van der Waals surface area contributed by atoms with E-state index in [4.69, 9.17) is 14.9 Å². The van der Waals surface area contributed by atoms with Crippen molar-refractivity contribution in [2.45, 2.75) is 12.5 Å². The smallest absolute Gasteiger partial charge is 0.326 e. The molecule has 0 unspecified atom stereocenters. The number of nitrogens with one attached hydrogen (secondary N) is 1. The Balaban J connectivity index is 2.56. The van der Waals surface area contributed by atoms with Crippen LogP contribution in [0.4, 0.5) is 4.39 Å². The van der Waals surface area contributed by atoms with Crippen molar-refractivity contribution >= 4 is 33.8 Å². The van der Waals surface area contributed by atoms with Crippen molar-refractivity contribution in [2.75, 3.05) is 6.61 Å². The fourth-order valence-electron chi connectivity index (χ4n) is 1.35. The number of hydrogen-bond donors (Lipinski definition) is 3. The van der Waals surface area contributed by atoms with E-state index >= 15 is 0 Å². The van der Waals surface area contributed by atoms with Crippen LogP contribution in [0.25, 0.3) is 0 Å². The first kappa shape index (κ1) is 16.9. The highest BCUT2D eigenvalue weighted by atomic mass is 79.9. The Morgan fingerprint density at radius 3 is 2.52 bits per heavy atom. The van der Waals surface area contributed by atoms with E-state index < -0.39 is 42.7 Å². The molecule has 1 rings (SSSR count). The summed E-state index contributed by atoms with van der Waals surface area (Å²) in [6.07, 6.45) is -0.749. The Hall–Kier alpha value is -2.16. The maximum atomic E-state index is 12.8. The summed E-state index contributed by atoms with van der Waals surface area (Å²) in [4.78, 5) is 32.7. The average Bonchev–Trinajstić information content (AvgIpc) is 2.36. The van der Waals surface area contributed by atoms with Crippen LogP contribution in [-0.2, 0) is 14.4 Å². The lowest BCUT2D eigenvalue weighted by Crippen LogP contribution is -2.44. The molecule has 0 aliphatic rings. The quantitative estimate of drug-likeness (QED) is 0.666. The van der Waals surface area contributed by atoms with E-state index in [1.807, 2.05) is 5.32 Å². The molecule has 0 aromatic heterocycles. The molecule has 0 spiro atoms. The lowest BCUT2D eigenvalue weighted by atomic mass is 10.2. The van der Waals surface area contributed by atoms with Crippen LogP contribution in [0.3, 0.4) is 0 Å². The number of carbonyl (C=O) groups is 3. The van der Waals surface area contributed by atoms with Crippen molar-refractivity contribution in [1.82, 2.24) is 5.32 Å². The predicted octanol–water partition coefficient (Wildman–Crippen LogP) is 1.01. The number of amides is 1. The topological polar surface area (TPSA) is 113 Å². The molecule has 0 radical (unpaired) electrons. The zero-order valence-electron chi connectivity index (χ0n) is 10.5. The van der Waals surface area contributed by atoms with E-state index in [0.717, 1.165) is 12.1 Å². The molecule has 0 saturated carbocycles. The normalized spacial score (nSPS) is 11.5. The molecule has 1 amide bonds. The summed E-state index contributed by atoms with van der Waals surface area (Å²) in [7, 11) is 0. The summed E-state index contributed by atoms with van der Waals surface area (Å²) in [6.45, 7) is -0.534. The molecule has 1 atom stereocenters. The van der Waals surface area contributed by atoms with Gasteiger partial charge in [-0.15, -0.1) is 0 Å². The maximum Gasteiger partial charge on any atom is 0.326 e. The summed E-state index contributed by atoms with van der Waals surface area (Å²) >= 11 is 3.04. The minimum Gasteiger partial charge on any atom is -0.483 e. The highest BCUT2D eigenvalue weighted by molar-refractivity contribution is 9.10. The van der Waals surface area contributed by atoms with Gasteiger partial charge in [0.25, 0.3) is 5.91 Å². The van der Waals surface area contributed by atoms with Crippen LogP contribution < -0.4 is 10.1 Å². The van der Waals surface area contributed by atoms with Crippen LogP contribution in [0, 0.1) is 5.82 Å². The minimum atomic E-state index is -1.55. The van der Waals surface area contributed by atoms with Gasteiger partial charge in [0, 0.05) is 0 Å². The largest absolute Gasteiger partial charge is 0.483 e. The molecule has 0 fully saturated rings. The van der Waals surface area contributed by atoms with Gasteiger partial charge >= 0.3 is 11.9 Å². The lowest BCUT2D eigenvalue weighted by Gasteiger charge is -2.13. The lowest BCUT2D eigenvalue weighted by molar-refractivity contribution is -0.147. The van der Waals surface area contributed by atoms with E-state index in [9.17, 15) is 18.8 Å². The molecule has 0 aliphatic carbocycles. The molecule has 0 saturated heterocycles. The van der Waals surface area contributed by atoms with Gasteiger partial charge in [-0.1, -0.05) is 0 Å². The number of rotatable bonds is 7. The average molecular weight is 364 g/mol. The summed E-state index contributed by atoms with van der Waals surface area (Å²) in [5.41, 5.74) is 0. The molecule has 9 heteroatoms. The van der Waals surface area contributed by atoms with E-state index in [1.165, 1.54) is 6.07 Å². The van der Waals surface area contributed by atoms with Gasteiger partial charge in [-0.3, -0.25) is 9.59 Å². The second-order valence-electron chi connectivity index (χ2n) is 3.92. The Morgan fingerprint density at radius 1 is 1.33 bits per heavy atom. The third-order valence-electron chi connectivity index (χ3n) is 2.26. The number of carbonyl (C=O) groups excluding carboxylic acids is 1. The van der Waals surface area contributed by atoms with Crippen molar-refractivity contribution in [3.63, 3.8) is 0 Å². The van der Waals surface area contributed by atoms with Gasteiger partial charge in [0.15, 0.2) is 6.61 Å². The Kier molecular flexibility index (Phi) is 6.10. The maximum absolute atomic E-state index is 12.8. The minimum absolute atomic E-state index is 0.191. The SMILES string of the molecule is O=C(O)C[C@H](NC(=O)COc1ccc(F)cc1Br)C(=O)O. The zero-order valence-corrected chi connectivity index (χ0v) is 12.1. The number of aliphatic carboxylic acids is 2. The van der Waals surface area contributed by atoms with Gasteiger partial charge in [-0.25, -0.2) is 9.18 Å². The highest BCUT2D eigenvalue weighted by Crippen LogP contribution is 2.25. The third kappa shape index (κ3) is 5.78. The molecule has 7 nitrogen and oxygen atoms in total. The zero-order chi connectivity index (χ0) is 16.0. The van der Waals surface area contributed by atoms with Crippen LogP contribution in [0.2, 0.25) is 0 Å². The van der Waals surface area contributed by atoms with Crippen LogP contribution in [-0.4, -0.2) is 40.7 Å². The molecule has 0 bridgehead atoms. The molecule has 0 heterocycles. The Labute approximate surface area is 126 Å². The number of carboxylic acids is 2. The monoisotopic (exact) mass is 363 g/mol. The van der Waals surface area contributed by atoms with Crippen molar-refractivity contribution in [2.24, 2.45) is 0 Å². The van der Waals surface area contributed by atoms with Crippen molar-refractivity contribution < 1.29 is 33.7 Å². The molecule has 3 N–H and O–H groups in total. The van der Waals surface area contributed by atoms with E-state index in [-0.39, 0.29) is 10.2 Å². The molecule has 1 aromatic rings. The number of hydrogen-bond acceptors (Lipinski definition) is 4. The molecule has 1 aromatic carbocycles. The molecule has 21 heavy (non-hydrogen) atoms. The van der Waals surface area contributed by atoms with Crippen molar-refractivity contribution in [3.05, 3.63) is 28.5 Å². The van der Waals surface area contributed by atoms with Crippen LogP contribution in [0.15, 0.2) is 22.7 Å². The first-order chi connectivity index (χ1) is 9.79. The number of halogens is 2. The number of benzene rings is 1. The summed E-state index contributed by atoms with van der Waals surface area (Å²) < 4.78 is 18.2. The second kappa shape index (κ2) is 7.58. The molecular formula is C12H11BrFNO6. The summed E-state index contributed by atoms with van der Waals surface area (Å²) in [5, 5.41) is 19.3. The number of ether oxygens (including phenoxy) is 1. The van der Waals surface area contributed by atoms with Gasteiger partial charge in [0.2, 0.25) is 0 Å². The number of carboxylic acid groups (broad SMARTS) is 2. The van der Waals surface area contributed by atoms with Gasteiger partial charge in [0.05, 0.1) is 10.9 Å². The van der Waals surface area contributed by atoms with Gasteiger partial charge in [0.1, 0.15) is 17.6 Å². The van der Waals surface area contributed by atoms with E-state index in [1.54, 1.807) is 0 Å². The standard InChI is InChI=1S/C12H11BrFNO6/c13-7-3-6(14)1-2-9(7)21-5-10(16)15-8(12(19)20)4-11(17)18/h1-3,8H,4-5H2,(H,15,16)(H,17,18)(H,19,20)/t8-/m0/s1. The highest BCUT2D eigenvalue weighted by Gasteiger charge is 2.23. The van der Waals surface area contributed by atoms with Crippen molar-refractivity contribution in [3.8, 4) is 5.75 Å². The Bertz CT molecular complexity index is 565. The fourth-order valence-corrected chi connectivity index (χ4v) is 1.81. The molecule has 0 aliphatic heterocycles. The van der Waals surface area contributed by atoms with E-state index in [0.29, 0.717) is 0 Å². The molecular weight excluding hydrogens is 353 g/mol. The summed E-state index contributed by atoms with van der Waals surface area (Å²) in [5.74, 6) is -3.93. The second-order valence-corrected chi connectivity index (χ2v) is 4.77. The first-order valence-electron chi connectivity index (χ1n) is 5.61. The molecule has 114 valence electrons. The Morgan fingerprint density at radius 2 is 2.00 bits per heavy atom. The van der Waals surface area contributed by atoms with Gasteiger partial charge < -0.3 is 20.3 Å². The van der Waals surface area contributed by atoms with Crippen LogP contribution in [0.5, 0.6) is 5.75 Å². The van der Waals surface area contributed by atoms with Crippen LogP contribution in [0.1, 0.15) is 6.42 Å². The van der Waals surface area contributed by atoms with Crippen molar-refractivity contribution in [1.29, 1.82) is 0 Å². The fraction of sp³-hybridized carbons (Fsp3) is 0.250.